The van der Waals surface area contributed by atoms with Gasteiger partial charge in [-0.3, -0.25) is 9.36 Å². The molecule has 2 N–H and O–H groups in total. The summed E-state index contributed by atoms with van der Waals surface area (Å²) < 4.78 is 1.90. The third kappa shape index (κ3) is 5.35. The highest BCUT2D eigenvalue weighted by Crippen LogP contribution is 2.28. The van der Waals surface area contributed by atoms with Crippen LogP contribution in [0.1, 0.15) is 5.56 Å². The number of halogens is 1. The van der Waals surface area contributed by atoms with E-state index in [2.05, 4.69) is 20.7 Å². The van der Waals surface area contributed by atoms with Crippen molar-refractivity contribution in [2.45, 2.75) is 5.16 Å². The quantitative estimate of drug-likeness (QED) is 0.238. The first-order valence-electron chi connectivity index (χ1n) is 9.60. The van der Waals surface area contributed by atoms with Crippen LogP contribution in [0.3, 0.4) is 0 Å². The number of thioether (sulfide) groups is 1. The van der Waals surface area contributed by atoms with Crippen LogP contribution < -0.4 is 5.43 Å². The Balaban J connectivity index is 1.49. The van der Waals surface area contributed by atoms with Crippen LogP contribution in [0, 0.1) is 0 Å². The summed E-state index contributed by atoms with van der Waals surface area (Å²) in [7, 11) is 0. The van der Waals surface area contributed by atoms with E-state index in [4.69, 9.17) is 11.6 Å². The zero-order chi connectivity index (χ0) is 22.3. The highest BCUT2D eigenvalue weighted by atomic mass is 35.5. The topological polar surface area (TPSA) is 92.4 Å². The van der Waals surface area contributed by atoms with E-state index in [0.29, 0.717) is 21.6 Å². The van der Waals surface area contributed by atoms with Crippen LogP contribution in [0.15, 0.2) is 89.1 Å². The van der Waals surface area contributed by atoms with E-state index in [1.807, 2.05) is 47.0 Å². The number of aromatic hydroxyl groups is 1. The summed E-state index contributed by atoms with van der Waals surface area (Å²) in [4.78, 5) is 12.3. The smallest absolute Gasteiger partial charge is 0.250 e. The zero-order valence-corrected chi connectivity index (χ0v) is 18.3. The molecule has 0 radical (unpaired) electrons. The van der Waals surface area contributed by atoms with Gasteiger partial charge in [0, 0.05) is 16.3 Å². The maximum Gasteiger partial charge on any atom is 0.250 e. The predicted molar refractivity (Wildman–Crippen MR) is 126 cm³/mol. The molecule has 0 saturated heterocycles. The maximum atomic E-state index is 12.3. The molecule has 4 rings (SSSR count). The zero-order valence-electron chi connectivity index (χ0n) is 16.7. The van der Waals surface area contributed by atoms with Crippen molar-refractivity contribution in [2.75, 3.05) is 5.75 Å². The molecule has 0 bridgehead atoms. The standard InChI is InChI=1S/C23H18ClN5O2S/c24-18-11-9-17(10-12-18)22-27-28-23(29(22)19-6-2-1-3-7-19)32-15-21(31)26-25-14-16-5-4-8-20(30)13-16/h1-14,30H,15H2,(H,26,31)/b25-14+. The van der Waals surface area contributed by atoms with Gasteiger partial charge in [-0.05, 0) is 54.1 Å². The second kappa shape index (κ2) is 10.1. The maximum absolute atomic E-state index is 12.3. The van der Waals surface area contributed by atoms with Gasteiger partial charge in [0.25, 0.3) is 5.91 Å². The molecule has 32 heavy (non-hydrogen) atoms. The Morgan fingerprint density at radius 1 is 1.06 bits per heavy atom. The molecule has 7 nitrogen and oxygen atoms in total. The fraction of sp³-hybridized carbons (Fsp3) is 0.0435. The van der Waals surface area contributed by atoms with Crippen LogP contribution in [0.5, 0.6) is 5.75 Å². The van der Waals surface area contributed by atoms with Crippen LogP contribution >= 0.6 is 23.4 Å². The first-order chi connectivity index (χ1) is 15.6. The van der Waals surface area contributed by atoms with Crippen LogP contribution in [-0.4, -0.2) is 37.7 Å². The summed E-state index contributed by atoms with van der Waals surface area (Å²) in [6, 6.07) is 23.6. The van der Waals surface area contributed by atoms with E-state index in [-0.39, 0.29) is 17.4 Å². The number of phenolic OH excluding ortho intramolecular Hbond substituents is 1. The first-order valence-corrected chi connectivity index (χ1v) is 11.0. The largest absolute Gasteiger partial charge is 0.508 e. The molecular formula is C23H18ClN5O2S. The lowest BCUT2D eigenvalue weighted by Gasteiger charge is -2.10. The molecule has 0 atom stereocenters. The third-order valence-corrected chi connectivity index (χ3v) is 5.54. The van der Waals surface area contributed by atoms with Crippen LogP contribution in [0.2, 0.25) is 5.02 Å². The van der Waals surface area contributed by atoms with Crippen LogP contribution in [0.25, 0.3) is 17.1 Å². The third-order valence-electron chi connectivity index (χ3n) is 4.36. The molecule has 9 heteroatoms. The van der Waals surface area contributed by atoms with E-state index in [9.17, 15) is 9.90 Å². The number of para-hydroxylation sites is 1. The molecule has 1 amide bonds. The number of phenols is 1. The molecule has 0 aliphatic heterocycles. The van der Waals surface area contributed by atoms with Gasteiger partial charge in [0.2, 0.25) is 0 Å². The molecule has 3 aromatic carbocycles. The van der Waals surface area contributed by atoms with E-state index >= 15 is 0 Å². The number of carbonyl (C=O) groups is 1. The number of aromatic nitrogens is 3. The normalized spacial score (nSPS) is 11.0. The van der Waals surface area contributed by atoms with Crippen molar-refractivity contribution in [3.63, 3.8) is 0 Å². The summed E-state index contributed by atoms with van der Waals surface area (Å²) in [5, 5.41) is 23.3. The molecule has 0 spiro atoms. The van der Waals surface area contributed by atoms with Gasteiger partial charge in [-0.2, -0.15) is 5.10 Å². The van der Waals surface area contributed by atoms with Crippen molar-refractivity contribution < 1.29 is 9.90 Å². The van der Waals surface area contributed by atoms with Gasteiger partial charge in [-0.1, -0.05) is 53.7 Å². The number of hydrogen-bond acceptors (Lipinski definition) is 6. The molecule has 1 heterocycles. The van der Waals surface area contributed by atoms with Crippen molar-refractivity contribution in [2.24, 2.45) is 5.10 Å². The first kappa shape index (κ1) is 21.6. The number of benzene rings is 3. The van der Waals surface area contributed by atoms with Gasteiger partial charge in [-0.25, -0.2) is 5.43 Å². The summed E-state index contributed by atoms with van der Waals surface area (Å²) in [6.07, 6.45) is 1.47. The minimum atomic E-state index is -0.290. The number of carbonyl (C=O) groups excluding carboxylic acids is 1. The fourth-order valence-corrected chi connectivity index (χ4v) is 3.78. The number of amides is 1. The molecule has 0 fully saturated rings. The van der Waals surface area contributed by atoms with E-state index in [1.54, 1.807) is 36.4 Å². The minimum Gasteiger partial charge on any atom is -0.508 e. The minimum absolute atomic E-state index is 0.100. The SMILES string of the molecule is O=C(CSc1nnc(-c2ccc(Cl)cc2)n1-c1ccccc1)N/N=C/c1cccc(O)c1. The summed E-state index contributed by atoms with van der Waals surface area (Å²) in [5.74, 6) is 0.593. The number of rotatable bonds is 7. The number of hydrogen-bond donors (Lipinski definition) is 2. The van der Waals surface area contributed by atoms with Gasteiger partial charge in [0.05, 0.1) is 12.0 Å². The van der Waals surface area contributed by atoms with Crippen molar-refractivity contribution in [1.29, 1.82) is 0 Å². The van der Waals surface area contributed by atoms with Gasteiger partial charge < -0.3 is 5.11 Å². The molecule has 0 unspecified atom stereocenters. The molecule has 0 saturated carbocycles. The van der Waals surface area contributed by atoms with E-state index < -0.39 is 0 Å². The molecular weight excluding hydrogens is 446 g/mol. The lowest BCUT2D eigenvalue weighted by molar-refractivity contribution is -0.118. The summed E-state index contributed by atoms with van der Waals surface area (Å²) in [5.41, 5.74) is 4.90. The average Bonchev–Trinajstić information content (AvgIpc) is 3.23. The molecule has 4 aromatic rings. The average molecular weight is 464 g/mol. The van der Waals surface area contributed by atoms with Crippen molar-refractivity contribution >= 4 is 35.5 Å². The van der Waals surface area contributed by atoms with E-state index in [0.717, 1.165) is 11.3 Å². The highest BCUT2D eigenvalue weighted by Gasteiger charge is 2.17. The lowest BCUT2D eigenvalue weighted by Crippen LogP contribution is -2.20. The van der Waals surface area contributed by atoms with Crippen LogP contribution in [-0.2, 0) is 4.79 Å². The number of nitrogens with one attached hydrogen (secondary N) is 1. The Bertz CT molecular complexity index is 1240. The number of hydrazone groups is 1. The fourth-order valence-electron chi connectivity index (χ4n) is 2.91. The second-order valence-corrected chi connectivity index (χ2v) is 8.04. The van der Waals surface area contributed by atoms with E-state index in [1.165, 1.54) is 18.0 Å². The highest BCUT2D eigenvalue weighted by molar-refractivity contribution is 7.99. The lowest BCUT2D eigenvalue weighted by atomic mass is 10.2. The summed E-state index contributed by atoms with van der Waals surface area (Å²) >= 11 is 7.27. The van der Waals surface area contributed by atoms with Crippen LogP contribution in [0.4, 0.5) is 0 Å². The van der Waals surface area contributed by atoms with Gasteiger partial charge in [0.15, 0.2) is 11.0 Å². The van der Waals surface area contributed by atoms with Gasteiger partial charge in [-0.15, -0.1) is 10.2 Å². The Morgan fingerprint density at radius 3 is 2.59 bits per heavy atom. The Labute approximate surface area is 193 Å². The number of nitrogens with zero attached hydrogens (tertiary/aromatic N) is 4. The Kier molecular flexibility index (Phi) is 6.84. The van der Waals surface area contributed by atoms with Crippen molar-refractivity contribution in [1.82, 2.24) is 20.2 Å². The Hall–Kier alpha value is -3.62. The monoisotopic (exact) mass is 463 g/mol. The Morgan fingerprint density at radius 2 is 1.84 bits per heavy atom. The van der Waals surface area contributed by atoms with Gasteiger partial charge >= 0.3 is 0 Å². The predicted octanol–water partition coefficient (Wildman–Crippen LogP) is 4.54. The molecule has 0 aliphatic carbocycles. The second-order valence-electron chi connectivity index (χ2n) is 6.66. The van der Waals surface area contributed by atoms with Crippen molar-refractivity contribution in [3.05, 3.63) is 89.4 Å². The summed E-state index contributed by atoms with van der Waals surface area (Å²) in [6.45, 7) is 0. The van der Waals surface area contributed by atoms with Crippen molar-refractivity contribution in [3.8, 4) is 22.8 Å². The molecule has 1 aromatic heterocycles. The van der Waals surface area contributed by atoms with Gasteiger partial charge in [0.1, 0.15) is 5.75 Å². The molecule has 0 aliphatic rings. The molecule has 160 valence electrons.